The predicted octanol–water partition coefficient (Wildman–Crippen LogP) is 3.83. The number of anilines is 1. The van der Waals surface area contributed by atoms with Gasteiger partial charge < -0.3 is 14.8 Å². The molecule has 0 fully saturated rings. The van der Waals surface area contributed by atoms with Gasteiger partial charge in [-0.25, -0.2) is 10.2 Å². The zero-order chi connectivity index (χ0) is 22.2. The molecule has 0 aliphatic carbocycles. The minimum absolute atomic E-state index is 0.246. The molecule has 2 amide bonds. The SMILES string of the molecule is COc1cc(/C=N/NC(=O)C(=O)Nc2ccc(Br)cc2)ccc1OC(=O)c1cccs1. The van der Waals surface area contributed by atoms with E-state index >= 15 is 0 Å². The molecule has 0 aliphatic heterocycles. The summed E-state index contributed by atoms with van der Waals surface area (Å²) in [6, 6.07) is 14.9. The molecule has 1 heterocycles. The van der Waals surface area contributed by atoms with Crippen LogP contribution in [0, 0.1) is 0 Å². The molecule has 3 rings (SSSR count). The molecule has 0 saturated carbocycles. The largest absolute Gasteiger partial charge is 0.493 e. The highest BCUT2D eigenvalue weighted by Crippen LogP contribution is 2.28. The van der Waals surface area contributed by atoms with Gasteiger partial charge in [-0.15, -0.1) is 11.3 Å². The zero-order valence-corrected chi connectivity index (χ0v) is 18.5. The Morgan fingerprint density at radius 3 is 2.48 bits per heavy atom. The Balaban J connectivity index is 1.58. The van der Waals surface area contributed by atoms with Gasteiger partial charge in [0.2, 0.25) is 0 Å². The average Bonchev–Trinajstić information content (AvgIpc) is 3.31. The van der Waals surface area contributed by atoms with E-state index in [0.717, 1.165) is 4.47 Å². The first-order chi connectivity index (χ1) is 15.0. The number of carbonyl (C=O) groups excluding carboxylic acids is 3. The van der Waals surface area contributed by atoms with Crippen molar-refractivity contribution in [3.8, 4) is 11.5 Å². The first-order valence-electron chi connectivity index (χ1n) is 8.80. The Morgan fingerprint density at radius 2 is 1.81 bits per heavy atom. The summed E-state index contributed by atoms with van der Waals surface area (Å²) < 4.78 is 11.5. The van der Waals surface area contributed by atoms with E-state index in [1.165, 1.54) is 24.7 Å². The summed E-state index contributed by atoms with van der Waals surface area (Å²) in [5, 5.41) is 8.01. The van der Waals surface area contributed by atoms with Crippen LogP contribution >= 0.6 is 27.3 Å². The van der Waals surface area contributed by atoms with E-state index in [0.29, 0.717) is 21.9 Å². The number of esters is 1. The quantitative estimate of drug-likeness (QED) is 0.175. The molecule has 2 aromatic carbocycles. The third-order valence-electron chi connectivity index (χ3n) is 3.80. The van der Waals surface area contributed by atoms with Crippen molar-refractivity contribution in [2.75, 3.05) is 12.4 Å². The number of nitrogens with zero attached hydrogens (tertiary/aromatic N) is 1. The van der Waals surface area contributed by atoms with Crippen LogP contribution in [0.25, 0.3) is 0 Å². The number of methoxy groups -OCH3 is 1. The fourth-order valence-electron chi connectivity index (χ4n) is 2.33. The number of carbonyl (C=O) groups is 3. The summed E-state index contributed by atoms with van der Waals surface area (Å²) in [5.74, 6) is -1.71. The molecule has 2 N–H and O–H groups in total. The summed E-state index contributed by atoms with van der Waals surface area (Å²) in [6.45, 7) is 0. The molecule has 0 aliphatic rings. The minimum Gasteiger partial charge on any atom is -0.493 e. The second-order valence-electron chi connectivity index (χ2n) is 5.94. The number of hydrazone groups is 1. The summed E-state index contributed by atoms with van der Waals surface area (Å²) in [5.41, 5.74) is 3.18. The molecule has 0 bridgehead atoms. The molecular formula is C21H16BrN3O5S. The first-order valence-corrected chi connectivity index (χ1v) is 10.5. The van der Waals surface area contributed by atoms with Crippen molar-refractivity contribution in [1.82, 2.24) is 5.43 Å². The normalized spacial score (nSPS) is 10.5. The van der Waals surface area contributed by atoms with Gasteiger partial charge in [-0.05, 0) is 59.5 Å². The maximum atomic E-state index is 12.1. The monoisotopic (exact) mass is 501 g/mol. The summed E-state index contributed by atoms with van der Waals surface area (Å²) in [7, 11) is 1.44. The van der Waals surface area contributed by atoms with Gasteiger partial charge in [-0.1, -0.05) is 22.0 Å². The molecule has 0 unspecified atom stereocenters. The van der Waals surface area contributed by atoms with E-state index in [1.54, 1.807) is 60.0 Å². The first kappa shape index (κ1) is 22.2. The van der Waals surface area contributed by atoms with Gasteiger partial charge in [0.05, 0.1) is 13.3 Å². The van der Waals surface area contributed by atoms with Crippen LogP contribution in [0.3, 0.4) is 0 Å². The lowest BCUT2D eigenvalue weighted by atomic mass is 10.2. The lowest BCUT2D eigenvalue weighted by Gasteiger charge is -2.09. The molecule has 31 heavy (non-hydrogen) atoms. The highest BCUT2D eigenvalue weighted by atomic mass is 79.9. The van der Waals surface area contributed by atoms with Crippen LogP contribution in [0.1, 0.15) is 15.2 Å². The molecule has 0 atom stereocenters. The fourth-order valence-corrected chi connectivity index (χ4v) is 3.19. The molecule has 158 valence electrons. The lowest BCUT2D eigenvalue weighted by molar-refractivity contribution is -0.136. The van der Waals surface area contributed by atoms with Crippen LogP contribution in [-0.2, 0) is 9.59 Å². The number of nitrogens with one attached hydrogen (secondary N) is 2. The van der Waals surface area contributed by atoms with Gasteiger partial charge in [0.15, 0.2) is 11.5 Å². The van der Waals surface area contributed by atoms with Crippen LogP contribution in [0.5, 0.6) is 11.5 Å². The highest BCUT2D eigenvalue weighted by Gasteiger charge is 2.14. The van der Waals surface area contributed by atoms with Gasteiger partial charge in [-0.3, -0.25) is 9.59 Å². The molecule has 10 heteroatoms. The molecule has 0 radical (unpaired) electrons. The van der Waals surface area contributed by atoms with Crippen molar-refractivity contribution in [3.05, 3.63) is 74.9 Å². The van der Waals surface area contributed by atoms with E-state index in [2.05, 4.69) is 31.8 Å². The van der Waals surface area contributed by atoms with Gasteiger partial charge >= 0.3 is 17.8 Å². The van der Waals surface area contributed by atoms with Crippen molar-refractivity contribution in [2.45, 2.75) is 0 Å². The molecule has 0 spiro atoms. The number of thiophene rings is 1. The number of ether oxygens (including phenoxy) is 2. The van der Waals surface area contributed by atoms with Crippen LogP contribution in [0.4, 0.5) is 5.69 Å². The summed E-state index contributed by atoms with van der Waals surface area (Å²) in [6.07, 6.45) is 1.33. The van der Waals surface area contributed by atoms with Crippen molar-refractivity contribution in [3.63, 3.8) is 0 Å². The standard InChI is InChI=1S/C21H16BrN3O5S/c1-29-17-11-13(4-9-16(17)30-21(28)18-3-2-10-31-18)12-23-25-20(27)19(26)24-15-7-5-14(22)6-8-15/h2-12H,1H3,(H,24,26)(H,25,27)/b23-12+. The fraction of sp³-hybridized carbons (Fsp3) is 0.0476. The molecular weight excluding hydrogens is 486 g/mol. The Bertz CT molecular complexity index is 1110. The Labute approximate surface area is 190 Å². The number of benzene rings is 2. The number of hydrogen-bond acceptors (Lipinski definition) is 7. The summed E-state index contributed by atoms with van der Waals surface area (Å²) in [4.78, 5) is 36.4. The number of hydrogen-bond donors (Lipinski definition) is 2. The topological polar surface area (TPSA) is 106 Å². The smallest absolute Gasteiger partial charge is 0.353 e. The minimum atomic E-state index is -0.923. The second-order valence-corrected chi connectivity index (χ2v) is 7.80. The third-order valence-corrected chi connectivity index (χ3v) is 5.18. The lowest BCUT2D eigenvalue weighted by Crippen LogP contribution is -2.32. The Morgan fingerprint density at radius 1 is 1.03 bits per heavy atom. The Hall–Kier alpha value is -3.50. The average molecular weight is 502 g/mol. The van der Waals surface area contributed by atoms with E-state index in [4.69, 9.17) is 9.47 Å². The second kappa shape index (κ2) is 10.5. The van der Waals surface area contributed by atoms with Gasteiger partial charge in [0.1, 0.15) is 4.88 Å². The van der Waals surface area contributed by atoms with Crippen molar-refractivity contribution in [2.24, 2.45) is 5.10 Å². The third kappa shape index (κ3) is 6.24. The van der Waals surface area contributed by atoms with E-state index in [9.17, 15) is 14.4 Å². The maximum Gasteiger partial charge on any atom is 0.353 e. The predicted molar refractivity (Wildman–Crippen MR) is 121 cm³/mol. The van der Waals surface area contributed by atoms with Crippen molar-refractivity contribution < 1.29 is 23.9 Å². The maximum absolute atomic E-state index is 12.1. The van der Waals surface area contributed by atoms with E-state index in [-0.39, 0.29) is 5.75 Å². The molecule has 1 aromatic heterocycles. The number of halogens is 1. The van der Waals surface area contributed by atoms with Crippen molar-refractivity contribution >= 4 is 57.0 Å². The highest BCUT2D eigenvalue weighted by molar-refractivity contribution is 9.10. The van der Waals surface area contributed by atoms with E-state index in [1.807, 2.05) is 0 Å². The van der Waals surface area contributed by atoms with Crippen LogP contribution in [0.15, 0.2) is 69.6 Å². The zero-order valence-electron chi connectivity index (χ0n) is 16.1. The molecule has 3 aromatic rings. The van der Waals surface area contributed by atoms with Crippen LogP contribution < -0.4 is 20.2 Å². The van der Waals surface area contributed by atoms with Gasteiger partial charge in [-0.2, -0.15) is 5.10 Å². The van der Waals surface area contributed by atoms with Gasteiger partial charge in [0.25, 0.3) is 0 Å². The summed E-state index contributed by atoms with van der Waals surface area (Å²) >= 11 is 4.56. The van der Waals surface area contributed by atoms with Gasteiger partial charge in [0, 0.05) is 10.2 Å². The molecule has 8 nitrogen and oxygen atoms in total. The number of amides is 2. The number of rotatable bonds is 6. The van der Waals surface area contributed by atoms with Crippen LogP contribution in [-0.4, -0.2) is 31.1 Å². The van der Waals surface area contributed by atoms with E-state index < -0.39 is 17.8 Å². The molecule has 0 saturated heterocycles. The van der Waals surface area contributed by atoms with Crippen molar-refractivity contribution in [1.29, 1.82) is 0 Å². The van der Waals surface area contributed by atoms with Crippen LogP contribution in [0.2, 0.25) is 0 Å². The Kier molecular flexibility index (Phi) is 7.52.